The molecule has 1 fully saturated rings. The standard InChI is InChI=1S/C14H15N3O3.CH4O/c1-8-2-3-9(14(18)19)6-11(8)13-15-12(16-17-13)10-4-5-20-7-10;1-2/h2-3,6,10H,4-5,7H2,1H3,(H,18,19)(H,15,16,17);2H,1H3. The van der Waals surface area contributed by atoms with E-state index in [1.165, 1.54) is 0 Å². The van der Waals surface area contributed by atoms with Gasteiger partial charge in [0.1, 0.15) is 5.82 Å². The fourth-order valence-electron chi connectivity index (χ4n) is 2.32. The summed E-state index contributed by atoms with van der Waals surface area (Å²) < 4.78 is 5.34. The molecule has 1 saturated heterocycles. The molecule has 1 aromatic carbocycles. The van der Waals surface area contributed by atoms with Crippen molar-refractivity contribution in [3.63, 3.8) is 0 Å². The van der Waals surface area contributed by atoms with Gasteiger partial charge < -0.3 is 14.9 Å². The minimum absolute atomic E-state index is 0.237. The highest BCUT2D eigenvalue weighted by atomic mass is 16.5. The Balaban J connectivity index is 0.000000847. The van der Waals surface area contributed by atoms with Gasteiger partial charge in [-0.15, -0.1) is 0 Å². The number of carboxylic acid groups (broad SMARTS) is 1. The van der Waals surface area contributed by atoms with E-state index in [9.17, 15) is 4.79 Å². The molecule has 1 unspecified atom stereocenters. The molecule has 1 aromatic heterocycles. The lowest BCUT2D eigenvalue weighted by Gasteiger charge is -2.03. The third-order valence-corrected chi connectivity index (χ3v) is 3.54. The molecule has 2 aromatic rings. The first-order valence-electron chi connectivity index (χ1n) is 6.94. The Hall–Kier alpha value is -2.25. The molecule has 2 heterocycles. The molecule has 0 aliphatic carbocycles. The first-order chi connectivity index (χ1) is 10.6. The molecule has 0 saturated carbocycles. The Bertz CT molecular complexity index is 648. The van der Waals surface area contributed by atoms with E-state index >= 15 is 0 Å². The van der Waals surface area contributed by atoms with Crippen LogP contribution in [-0.2, 0) is 4.74 Å². The number of aromatic carboxylic acids is 1. The maximum absolute atomic E-state index is 11.0. The maximum atomic E-state index is 11.0. The van der Waals surface area contributed by atoms with Gasteiger partial charge in [0.2, 0.25) is 0 Å². The van der Waals surface area contributed by atoms with Gasteiger partial charge in [0.15, 0.2) is 5.82 Å². The second kappa shape index (κ2) is 7.15. The number of nitrogens with one attached hydrogen (secondary N) is 1. The van der Waals surface area contributed by atoms with Gasteiger partial charge in [0, 0.05) is 25.2 Å². The Morgan fingerprint density at radius 2 is 2.18 bits per heavy atom. The summed E-state index contributed by atoms with van der Waals surface area (Å²) in [6.45, 7) is 3.31. The topological polar surface area (TPSA) is 108 Å². The number of aromatic amines is 1. The summed E-state index contributed by atoms with van der Waals surface area (Å²) in [6, 6.07) is 4.96. The fraction of sp³-hybridized carbons (Fsp3) is 0.400. The van der Waals surface area contributed by atoms with E-state index < -0.39 is 5.97 Å². The maximum Gasteiger partial charge on any atom is 0.335 e. The zero-order valence-electron chi connectivity index (χ0n) is 12.5. The van der Waals surface area contributed by atoms with Crippen LogP contribution in [0.4, 0.5) is 0 Å². The number of nitrogens with zero attached hydrogens (tertiary/aromatic N) is 2. The normalized spacial score (nSPS) is 17.0. The van der Waals surface area contributed by atoms with E-state index in [-0.39, 0.29) is 11.5 Å². The van der Waals surface area contributed by atoms with E-state index in [1.54, 1.807) is 18.2 Å². The van der Waals surface area contributed by atoms with Gasteiger partial charge in [-0.2, -0.15) is 5.10 Å². The lowest BCUT2D eigenvalue weighted by Crippen LogP contribution is -2.00. The van der Waals surface area contributed by atoms with Crippen LogP contribution in [0.5, 0.6) is 0 Å². The van der Waals surface area contributed by atoms with Crippen molar-refractivity contribution in [2.45, 2.75) is 19.3 Å². The second-order valence-electron chi connectivity index (χ2n) is 4.94. The molecule has 1 aliphatic rings. The Morgan fingerprint density at radius 3 is 2.82 bits per heavy atom. The van der Waals surface area contributed by atoms with Crippen molar-refractivity contribution in [1.29, 1.82) is 0 Å². The number of aliphatic hydroxyl groups excluding tert-OH is 1. The minimum Gasteiger partial charge on any atom is -0.478 e. The number of rotatable bonds is 3. The predicted octanol–water partition coefficient (Wildman–Crippen LogP) is 1.59. The molecule has 3 N–H and O–H groups in total. The third kappa shape index (κ3) is 3.32. The van der Waals surface area contributed by atoms with Crippen LogP contribution in [0.3, 0.4) is 0 Å². The largest absolute Gasteiger partial charge is 0.478 e. The molecule has 1 atom stereocenters. The summed E-state index contributed by atoms with van der Waals surface area (Å²) in [5.74, 6) is 0.635. The highest BCUT2D eigenvalue weighted by Crippen LogP contribution is 2.26. The zero-order chi connectivity index (χ0) is 16.1. The molecular weight excluding hydrogens is 286 g/mol. The number of benzene rings is 1. The number of hydrogen-bond donors (Lipinski definition) is 3. The van der Waals surface area contributed by atoms with Crippen LogP contribution in [0.25, 0.3) is 11.4 Å². The van der Waals surface area contributed by atoms with Crippen molar-refractivity contribution in [3.05, 3.63) is 35.2 Å². The lowest BCUT2D eigenvalue weighted by atomic mass is 10.0. The Morgan fingerprint density at radius 1 is 1.41 bits per heavy atom. The average molecular weight is 305 g/mol. The molecule has 7 nitrogen and oxygen atoms in total. The Kier molecular flexibility index (Phi) is 5.24. The first-order valence-corrected chi connectivity index (χ1v) is 6.94. The summed E-state index contributed by atoms with van der Waals surface area (Å²) in [6.07, 6.45) is 0.933. The monoisotopic (exact) mass is 305 g/mol. The van der Waals surface area contributed by atoms with Gasteiger partial charge in [-0.3, -0.25) is 5.10 Å². The van der Waals surface area contributed by atoms with Crippen LogP contribution < -0.4 is 0 Å². The Labute approximate surface area is 128 Å². The van der Waals surface area contributed by atoms with Crippen LogP contribution in [0, 0.1) is 6.92 Å². The SMILES string of the molecule is CO.Cc1ccc(C(=O)O)cc1-c1n[nH]c(C2CCOC2)n1. The summed E-state index contributed by atoms with van der Waals surface area (Å²) in [7, 11) is 1.00. The van der Waals surface area contributed by atoms with Crippen molar-refractivity contribution < 1.29 is 19.7 Å². The quantitative estimate of drug-likeness (QED) is 0.794. The minimum atomic E-state index is -0.953. The van der Waals surface area contributed by atoms with E-state index in [0.29, 0.717) is 12.4 Å². The molecule has 0 radical (unpaired) electrons. The molecule has 3 rings (SSSR count). The second-order valence-corrected chi connectivity index (χ2v) is 4.94. The van der Waals surface area contributed by atoms with E-state index in [4.69, 9.17) is 14.9 Å². The summed E-state index contributed by atoms with van der Waals surface area (Å²) in [5.41, 5.74) is 1.93. The van der Waals surface area contributed by atoms with Crippen LogP contribution in [0.2, 0.25) is 0 Å². The first kappa shape index (κ1) is 16.1. The summed E-state index contributed by atoms with van der Waals surface area (Å²) >= 11 is 0. The molecule has 0 amide bonds. The number of aliphatic hydroxyl groups is 1. The van der Waals surface area contributed by atoms with Crippen LogP contribution >= 0.6 is 0 Å². The van der Waals surface area contributed by atoms with Crippen molar-refractivity contribution >= 4 is 5.97 Å². The number of aromatic nitrogens is 3. The third-order valence-electron chi connectivity index (χ3n) is 3.54. The molecular formula is C15H19N3O4. The molecule has 118 valence electrons. The highest BCUT2D eigenvalue weighted by molar-refractivity contribution is 5.89. The van der Waals surface area contributed by atoms with Gasteiger partial charge in [-0.1, -0.05) is 6.07 Å². The van der Waals surface area contributed by atoms with Crippen molar-refractivity contribution in [2.75, 3.05) is 20.3 Å². The summed E-state index contributed by atoms with van der Waals surface area (Å²) in [4.78, 5) is 15.5. The lowest BCUT2D eigenvalue weighted by molar-refractivity contribution is 0.0697. The fourth-order valence-corrected chi connectivity index (χ4v) is 2.32. The van der Waals surface area contributed by atoms with Gasteiger partial charge in [0.05, 0.1) is 12.2 Å². The molecule has 0 spiro atoms. The number of carboxylic acids is 1. The smallest absolute Gasteiger partial charge is 0.335 e. The van der Waals surface area contributed by atoms with Gasteiger partial charge >= 0.3 is 5.97 Å². The number of aryl methyl sites for hydroxylation is 1. The molecule has 0 bridgehead atoms. The van der Waals surface area contributed by atoms with E-state index in [1.807, 2.05) is 6.92 Å². The van der Waals surface area contributed by atoms with Crippen LogP contribution in [0.1, 0.15) is 34.1 Å². The highest BCUT2D eigenvalue weighted by Gasteiger charge is 2.22. The van der Waals surface area contributed by atoms with Crippen molar-refractivity contribution in [3.8, 4) is 11.4 Å². The molecule has 7 heteroatoms. The average Bonchev–Trinajstić information content (AvgIpc) is 3.20. The molecule has 22 heavy (non-hydrogen) atoms. The van der Waals surface area contributed by atoms with E-state index in [0.717, 1.165) is 37.1 Å². The van der Waals surface area contributed by atoms with Crippen molar-refractivity contribution in [2.24, 2.45) is 0 Å². The van der Waals surface area contributed by atoms with Gasteiger partial charge in [-0.25, -0.2) is 9.78 Å². The van der Waals surface area contributed by atoms with E-state index in [2.05, 4.69) is 15.2 Å². The predicted molar refractivity (Wildman–Crippen MR) is 79.8 cm³/mol. The number of carbonyl (C=O) groups is 1. The number of hydrogen-bond acceptors (Lipinski definition) is 5. The summed E-state index contributed by atoms with van der Waals surface area (Å²) in [5, 5.41) is 23.2. The molecule has 1 aliphatic heterocycles. The van der Waals surface area contributed by atoms with Crippen molar-refractivity contribution in [1.82, 2.24) is 15.2 Å². The van der Waals surface area contributed by atoms with Crippen LogP contribution in [0.15, 0.2) is 18.2 Å². The number of H-pyrrole nitrogens is 1. The zero-order valence-corrected chi connectivity index (χ0v) is 12.5. The van der Waals surface area contributed by atoms with Gasteiger partial charge in [-0.05, 0) is 31.0 Å². The van der Waals surface area contributed by atoms with Gasteiger partial charge in [0.25, 0.3) is 0 Å². The number of ether oxygens (including phenoxy) is 1. The van der Waals surface area contributed by atoms with Crippen LogP contribution in [-0.4, -0.2) is 51.7 Å².